The fourth-order valence-electron chi connectivity index (χ4n) is 1.22. The Hall–Kier alpha value is -1.53. The first-order chi connectivity index (χ1) is 7.95. The van der Waals surface area contributed by atoms with Crippen molar-refractivity contribution in [1.82, 2.24) is 0 Å². The first-order valence-corrected chi connectivity index (χ1v) is 5.41. The summed E-state index contributed by atoms with van der Waals surface area (Å²) in [5.74, 6) is 0.0303. The predicted molar refractivity (Wildman–Crippen MR) is 67.3 cm³/mol. The highest BCUT2D eigenvalue weighted by atomic mass is 35.5. The van der Waals surface area contributed by atoms with Crippen molar-refractivity contribution in [3.8, 4) is 0 Å². The van der Waals surface area contributed by atoms with E-state index in [-0.39, 0.29) is 23.9 Å². The topological polar surface area (TPSA) is 101 Å². The van der Waals surface area contributed by atoms with Crippen LogP contribution in [-0.2, 0) is 0 Å². The summed E-state index contributed by atoms with van der Waals surface area (Å²) in [5.41, 5.74) is 5.76. The number of nitro benzene ring substituents is 1. The number of hydrogen-bond donors (Lipinski definition) is 3. The molecule has 0 amide bonds. The third-order valence-corrected chi connectivity index (χ3v) is 2.58. The van der Waals surface area contributed by atoms with Crippen LogP contribution < -0.4 is 11.1 Å². The van der Waals surface area contributed by atoms with Gasteiger partial charge in [0.2, 0.25) is 0 Å². The first kappa shape index (κ1) is 13.5. The number of nitrogens with zero attached hydrogens (tertiary/aromatic N) is 1. The third-order valence-electron chi connectivity index (χ3n) is 2.27. The minimum Gasteiger partial charge on any atom is -0.396 e. The normalized spacial score (nSPS) is 12.2. The second kappa shape index (κ2) is 5.70. The van der Waals surface area contributed by atoms with E-state index in [0.29, 0.717) is 17.3 Å². The van der Waals surface area contributed by atoms with Gasteiger partial charge >= 0.3 is 0 Å². The van der Waals surface area contributed by atoms with Gasteiger partial charge in [0, 0.05) is 19.2 Å². The zero-order valence-corrected chi connectivity index (χ0v) is 10.1. The Bertz CT molecular complexity index is 426. The van der Waals surface area contributed by atoms with Gasteiger partial charge in [0.25, 0.3) is 5.69 Å². The van der Waals surface area contributed by atoms with E-state index in [9.17, 15) is 10.1 Å². The largest absolute Gasteiger partial charge is 0.396 e. The molecule has 6 nitrogen and oxygen atoms in total. The quantitative estimate of drug-likeness (QED) is 0.426. The summed E-state index contributed by atoms with van der Waals surface area (Å²) in [5, 5.41) is 22.8. The standard InChI is InChI=1S/C10H14ClN3O3/c1-6(5-15)4-13-9-3-10(14(16)17)8(12)2-7(9)11/h2-3,6,13,15H,4-5,12H2,1H3. The second-order valence-corrected chi connectivity index (χ2v) is 4.22. The number of halogens is 1. The van der Waals surface area contributed by atoms with E-state index in [1.54, 1.807) is 0 Å². The van der Waals surface area contributed by atoms with Gasteiger partial charge in [-0.1, -0.05) is 18.5 Å². The Kier molecular flexibility index (Phi) is 4.53. The second-order valence-electron chi connectivity index (χ2n) is 3.82. The van der Waals surface area contributed by atoms with E-state index in [2.05, 4.69) is 5.32 Å². The number of nitrogens with two attached hydrogens (primary N) is 1. The molecule has 7 heteroatoms. The molecule has 0 aliphatic heterocycles. The Morgan fingerprint density at radius 2 is 2.29 bits per heavy atom. The van der Waals surface area contributed by atoms with Crippen molar-refractivity contribution < 1.29 is 10.0 Å². The molecule has 0 bridgehead atoms. The Balaban J connectivity index is 2.92. The lowest BCUT2D eigenvalue weighted by atomic mass is 10.2. The molecule has 0 aliphatic carbocycles. The van der Waals surface area contributed by atoms with E-state index in [1.165, 1.54) is 12.1 Å². The van der Waals surface area contributed by atoms with Crippen molar-refractivity contribution in [1.29, 1.82) is 0 Å². The van der Waals surface area contributed by atoms with Crippen molar-refractivity contribution in [2.24, 2.45) is 5.92 Å². The monoisotopic (exact) mass is 259 g/mol. The van der Waals surface area contributed by atoms with Crippen molar-refractivity contribution in [2.75, 3.05) is 24.2 Å². The van der Waals surface area contributed by atoms with Crippen LogP contribution >= 0.6 is 11.6 Å². The molecule has 1 aromatic rings. The fraction of sp³-hybridized carbons (Fsp3) is 0.400. The minimum atomic E-state index is -0.563. The zero-order valence-electron chi connectivity index (χ0n) is 9.31. The first-order valence-electron chi connectivity index (χ1n) is 5.03. The third kappa shape index (κ3) is 3.47. The molecular weight excluding hydrogens is 246 g/mol. The lowest BCUT2D eigenvalue weighted by molar-refractivity contribution is -0.383. The number of hydrogen-bond acceptors (Lipinski definition) is 5. The average molecular weight is 260 g/mol. The molecule has 0 aromatic heterocycles. The number of rotatable bonds is 5. The Labute approximate surface area is 104 Å². The van der Waals surface area contributed by atoms with Crippen LogP contribution in [0.15, 0.2) is 12.1 Å². The Morgan fingerprint density at radius 1 is 1.65 bits per heavy atom. The average Bonchev–Trinajstić information content (AvgIpc) is 2.26. The van der Waals surface area contributed by atoms with Crippen LogP contribution in [0, 0.1) is 16.0 Å². The highest BCUT2D eigenvalue weighted by molar-refractivity contribution is 6.33. The van der Waals surface area contributed by atoms with Crippen LogP contribution in [0.3, 0.4) is 0 Å². The fourth-order valence-corrected chi connectivity index (χ4v) is 1.46. The Morgan fingerprint density at radius 3 is 2.82 bits per heavy atom. The van der Waals surface area contributed by atoms with Gasteiger partial charge in [-0.05, 0) is 12.0 Å². The summed E-state index contributed by atoms with van der Waals surface area (Å²) >= 11 is 5.91. The van der Waals surface area contributed by atoms with Crippen LogP contribution in [0.5, 0.6) is 0 Å². The number of anilines is 2. The van der Waals surface area contributed by atoms with Crippen LogP contribution in [0.1, 0.15) is 6.92 Å². The summed E-state index contributed by atoms with van der Waals surface area (Å²) in [7, 11) is 0. The van der Waals surface area contributed by atoms with Crippen molar-refractivity contribution in [2.45, 2.75) is 6.92 Å². The van der Waals surface area contributed by atoms with Crippen molar-refractivity contribution in [3.05, 3.63) is 27.3 Å². The molecule has 1 aromatic carbocycles. The molecule has 17 heavy (non-hydrogen) atoms. The molecule has 0 fully saturated rings. The van der Waals surface area contributed by atoms with Gasteiger partial charge in [-0.3, -0.25) is 10.1 Å². The maximum absolute atomic E-state index is 10.7. The summed E-state index contributed by atoms with van der Waals surface area (Å²) in [6, 6.07) is 2.63. The van der Waals surface area contributed by atoms with E-state index >= 15 is 0 Å². The predicted octanol–water partition coefficient (Wildman–Crippen LogP) is 1.87. The summed E-state index contributed by atoms with van der Waals surface area (Å²) in [6.45, 7) is 2.34. The van der Waals surface area contributed by atoms with Gasteiger partial charge in [0.05, 0.1) is 15.6 Å². The SMILES string of the molecule is CC(CO)CNc1cc([N+](=O)[O-])c(N)cc1Cl. The van der Waals surface area contributed by atoms with Gasteiger partial charge < -0.3 is 16.2 Å². The maximum Gasteiger partial charge on any atom is 0.294 e. The van der Waals surface area contributed by atoms with Gasteiger partial charge in [0.1, 0.15) is 5.69 Å². The number of nitrogen functional groups attached to an aromatic ring is 1. The number of aliphatic hydroxyl groups is 1. The molecule has 0 saturated heterocycles. The molecule has 4 N–H and O–H groups in total. The lowest BCUT2D eigenvalue weighted by Crippen LogP contribution is -2.14. The minimum absolute atomic E-state index is 0.0285. The van der Waals surface area contributed by atoms with E-state index in [4.69, 9.17) is 22.4 Å². The number of nitro groups is 1. The van der Waals surface area contributed by atoms with E-state index in [0.717, 1.165) is 0 Å². The van der Waals surface area contributed by atoms with Gasteiger partial charge in [-0.15, -0.1) is 0 Å². The molecular formula is C10H14ClN3O3. The molecule has 1 rings (SSSR count). The van der Waals surface area contributed by atoms with Gasteiger partial charge in [0.15, 0.2) is 0 Å². The maximum atomic E-state index is 10.7. The molecule has 94 valence electrons. The molecule has 0 spiro atoms. The summed E-state index contributed by atoms with van der Waals surface area (Å²) in [4.78, 5) is 10.1. The highest BCUT2D eigenvalue weighted by Gasteiger charge is 2.15. The van der Waals surface area contributed by atoms with Crippen molar-refractivity contribution >= 4 is 28.7 Å². The zero-order chi connectivity index (χ0) is 13.0. The van der Waals surface area contributed by atoms with Gasteiger partial charge in [-0.2, -0.15) is 0 Å². The van der Waals surface area contributed by atoms with Crippen LogP contribution in [0.2, 0.25) is 5.02 Å². The van der Waals surface area contributed by atoms with Gasteiger partial charge in [-0.25, -0.2) is 0 Å². The van der Waals surface area contributed by atoms with Crippen molar-refractivity contribution in [3.63, 3.8) is 0 Å². The molecule has 1 unspecified atom stereocenters. The van der Waals surface area contributed by atoms with Crippen LogP contribution in [-0.4, -0.2) is 23.2 Å². The van der Waals surface area contributed by atoms with E-state index < -0.39 is 4.92 Å². The van der Waals surface area contributed by atoms with Crippen LogP contribution in [0.25, 0.3) is 0 Å². The summed E-state index contributed by atoms with van der Waals surface area (Å²) < 4.78 is 0. The highest BCUT2D eigenvalue weighted by Crippen LogP contribution is 2.32. The molecule has 0 radical (unpaired) electrons. The van der Waals surface area contributed by atoms with E-state index in [1.807, 2.05) is 6.92 Å². The lowest BCUT2D eigenvalue weighted by Gasteiger charge is -2.12. The molecule has 0 saturated carbocycles. The van der Waals surface area contributed by atoms with Crippen LogP contribution in [0.4, 0.5) is 17.1 Å². The molecule has 0 heterocycles. The molecule has 0 aliphatic rings. The number of benzene rings is 1. The smallest absolute Gasteiger partial charge is 0.294 e. The summed E-state index contributed by atoms with van der Waals surface area (Å²) in [6.07, 6.45) is 0. The molecule has 1 atom stereocenters. The number of aliphatic hydroxyl groups excluding tert-OH is 1. The number of nitrogens with one attached hydrogen (secondary N) is 1.